The number of anilines is 1. The summed E-state index contributed by atoms with van der Waals surface area (Å²) in [7, 11) is 1.70. The minimum Gasteiger partial charge on any atom is -0.379 e. The highest BCUT2D eigenvalue weighted by atomic mass is 19.4. The number of ether oxygens (including phenoxy) is 2. The number of rotatable bonds is 9. The maximum absolute atomic E-state index is 13.9. The average Bonchev–Trinajstić information content (AvgIpc) is 3.63. The summed E-state index contributed by atoms with van der Waals surface area (Å²) in [6, 6.07) is 2.29. The van der Waals surface area contributed by atoms with Crippen LogP contribution in [0.5, 0.6) is 0 Å². The highest BCUT2D eigenvalue weighted by Gasteiger charge is 2.54. The highest BCUT2D eigenvalue weighted by molar-refractivity contribution is 5.84. The molecule has 0 radical (unpaired) electrons. The Morgan fingerprint density at radius 2 is 2.05 bits per heavy atom. The molecule has 1 aliphatic carbocycles. The van der Waals surface area contributed by atoms with E-state index >= 15 is 0 Å². The number of amides is 1. The van der Waals surface area contributed by atoms with E-state index in [0.29, 0.717) is 50.6 Å². The molecule has 1 saturated carbocycles. The number of halogens is 5. The first-order chi connectivity index (χ1) is 18.6. The molecule has 0 spiro atoms. The Kier molecular flexibility index (Phi) is 8.38. The van der Waals surface area contributed by atoms with Gasteiger partial charge < -0.3 is 19.3 Å². The zero-order valence-electron chi connectivity index (χ0n) is 22.3. The van der Waals surface area contributed by atoms with Crippen LogP contribution in [0.15, 0.2) is 18.3 Å². The van der Waals surface area contributed by atoms with Crippen LogP contribution in [0.1, 0.15) is 63.5 Å². The van der Waals surface area contributed by atoms with Crippen molar-refractivity contribution in [2.45, 2.75) is 88.6 Å². The van der Waals surface area contributed by atoms with E-state index < -0.39 is 30.1 Å². The third kappa shape index (κ3) is 6.04. The van der Waals surface area contributed by atoms with Gasteiger partial charge in [-0.1, -0.05) is 12.8 Å². The summed E-state index contributed by atoms with van der Waals surface area (Å²) in [4.78, 5) is 20.9. The van der Waals surface area contributed by atoms with Crippen LogP contribution in [0.4, 0.5) is 27.6 Å². The van der Waals surface area contributed by atoms with Crippen LogP contribution < -0.4 is 4.90 Å². The molecule has 1 aromatic rings. The molecule has 5 rings (SSSR count). The molecular formula is C28H38F5N3O3. The summed E-state index contributed by atoms with van der Waals surface area (Å²) >= 11 is 0. The van der Waals surface area contributed by atoms with E-state index in [1.807, 2.05) is 4.90 Å². The van der Waals surface area contributed by atoms with E-state index in [1.165, 1.54) is 0 Å². The minimum absolute atomic E-state index is 0.0965. The van der Waals surface area contributed by atoms with Crippen LogP contribution in [0.3, 0.4) is 0 Å². The topological polar surface area (TPSA) is 54.9 Å². The molecule has 1 aromatic heterocycles. The zero-order chi connectivity index (χ0) is 27.8. The Bertz CT molecular complexity index is 1010. The molecule has 6 unspecified atom stereocenters. The molecular weight excluding hydrogens is 521 g/mol. The van der Waals surface area contributed by atoms with E-state index in [1.54, 1.807) is 18.1 Å². The zero-order valence-corrected chi connectivity index (χ0v) is 22.3. The van der Waals surface area contributed by atoms with Gasteiger partial charge in [0.1, 0.15) is 5.69 Å². The first-order valence-electron chi connectivity index (χ1n) is 14.1. The number of nitrogens with zero attached hydrogens (tertiary/aromatic N) is 3. The van der Waals surface area contributed by atoms with Crippen LogP contribution in [-0.4, -0.2) is 73.8 Å². The van der Waals surface area contributed by atoms with Gasteiger partial charge in [0.05, 0.1) is 24.2 Å². The van der Waals surface area contributed by atoms with Gasteiger partial charge in [-0.2, -0.15) is 13.2 Å². The number of likely N-dealkylation sites (tertiary alicyclic amines) is 1. The summed E-state index contributed by atoms with van der Waals surface area (Å²) in [5.41, 5.74) is -1.57. The largest absolute Gasteiger partial charge is 0.433 e. The molecule has 11 heteroatoms. The van der Waals surface area contributed by atoms with Gasteiger partial charge in [-0.25, -0.2) is 8.78 Å². The lowest BCUT2D eigenvalue weighted by molar-refractivity contribution is -0.146. The van der Waals surface area contributed by atoms with Crippen LogP contribution in [-0.2, 0) is 20.4 Å². The predicted octanol–water partition coefficient (Wildman–Crippen LogP) is 5.55. The van der Waals surface area contributed by atoms with Crippen molar-refractivity contribution in [2.24, 2.45) is 17.3 Å². The van der Waals surface area contributed by atoms with Crippen molar-refractivity contribution in [3.8, 4) is 0 Å². The fraction of sp³-hybridized carbons (Fsp3) is 0.786. The third-order valence-corrected chi connectivity index (χ3v) is 9.51. The van der Waals surface area contributed by atoms with Crippen LogP contribution in [0, 0.1) is 17.3 Å². The fourth-order valence-corrected chi connectivity index (χ4v) is 7.55. The van der Waals surface area contributed by atoms with Crippen molar-refractivity contribution in [3.63, 3.8) is 0 Å². The van der Waals surface area contributed by atoms with Gasteiger partial charge in [0.15, 0.2) is 0 Å². The third-order valence-electron chi connectivity index (χ3n) is 9.51. The monoisotopic (exact) mass is 559 g/mol. The van der Waals surface area contributed by atoms with Gasteiger partial charge in [0.2, 0.25) is 12.3 Å². The molecule has 6 nitrogen and oxygen atoms in total. The van der Waals surface area contributed by atoms with Crippen molar-refractivity contribution in [1.29, 1.82) is 0 Å². The summed E-state index contributed by atoms with van der Waals surface area (Å²) in [6.45, 7) is 2.10. The van der Waals surface area contributed by atoms with Gasteiger partial charge in [-0.15, -0.1) is 0 Å². The van der Waals surface area contributed by atoms with E-state index in [2.05, 4.69) is 4.98 Å². The van der Waals surface area contributed by atoms with E-state index in [9.17, 15) is 26.7 Å². The minimum atomic E-state index is -4.53. The molecule has 0 N–H and O–H groups in total. The molecule has 3 saturated heterocycles. The van der Waals surface area contributed by atoms with Crippen molar-refractivity contribution in [3.05, 3.63) is 24.0 Å². The number of fused-ring (bicyclic) bond motifs is 2. The summed E-state index contributed by atoms with van der Waals surface area (Å²) in [5, 5.41) is 0. The molecule has 4 aliphatic rings. The second-order valence-electron chi connectivity index (χ2n) is 11.9. The maximum atomic E-state index is 13.9. The van der Waals surface area contributed by atoms with Gasteiger partial charge in [-0.05, 0) is 62.5 Å². The highest BCUT2D eigenvalue weighted by Crippen LogP contribution is 2.50. The number of piperazine rings is 1. The first-order valence-corrected chi connectivity index (χ1v) is 14.1. The Labute approximate surface area is 226 Å². The van der Waals surface area contributed by atoms with Gasteiger partial charge in [0.25, 0.3) is 0 Å². The Balaban J connectivity index is 1.20. The molecule has 4 fully saturated rings. The molecule has 39 heavy (non-hydrogen) atoms. The summed E-state index contributed by atoms with van der Waals surface area (Å²) in [6.07, 6.45) is -0.0677. The molecule has 4 heterocycles. The average molecular weight is 560 g/mol. The van der Waals surface area contributed by atoms with Crippen molar-refractivity contribution in [1.82, 2.24) is 9.88 Å². The van der Waals surface area contributed by atoms with Crippen LogP contribution in [0.2, 0.25) is 0 Å². The molecule has 0 aromatic carbocycles. The normalized spacial score (nSPS) is 32.9. The number of hydrogen-bond donors (Lipinski definition) is 0. The smallest absolute Gasteiger partial charge is 0.379 e. The van der Waals surface area contributed by atoms with Gasteiger partial charge in [0, 0.05) is 51.2 Å². The molecule has 218 valence electrons. The van der Waals surface area contributed by atoms with Crippen LogP contribution >= 0.6 is 0 Å². The van der Waals surface area contributed by atoms with Crippen molar-refractivity contribution >= 4 is 11.6 Å². The fourth-order valence-electron chi connectivity index (χ4n) is 7.55. The van der Waals surface area contributed by atoms with Crippen molar-refractivity contribution in [2.75, 3.05) is 38.3 Å². The second kappa shape index (κ2) is 11.5. The van der Waals surface area contributed by atoms with E-state index in [-0.39, 0.29) is 30.0 Å². The number of carbonyl (C=O) groups excluding carboxylic acids is 1. The Morgan fingerprint density at radius 1 is 1.23 bits per heavy atom. The molecule has 1 amide bonds. The lowest BCUT2D eigenvalue weighted by Gasteiger charge is -2.40. The standard InChI is InChI=1S/C28H38F5N3O3/c1-38-23-17-39-10-7-19(23)4-2-3-18-5-8-27(13-18,14-25(29)30)26(37)36-16-21-11-22(36)15-35(21)20-6-9-34-24(12-20)28(31,32)33/h6,9,12,18-19,21-23,25H,2-5,7-8,10-11,13-17H2,1H3. The number of methoxy groups -OCH3 is 1. The quantitative estimate of drug-likeness (QED) is 0.371. The summed E-state index contributed by atoms with van der Waals surface area (Å²) < 4.78 is 78.1. The number of hydrogen-bond acceptors (Lipinski definition) is 5. The number of alkyl halides is 5. The van der Waals surface area contributed by atoms with Crippen LogP contribution in [0.25, 0.3) is 0 Å². The lowest BCUT2D eigenvalue weighted by Crippen LogP contribution is -2.53. The summed E-state index contributed by atoms with van der Waals surface area (Å²) in [5.74, 6) is 0.489. The van der Waals surface area contributed by atoms with Gasteiger partial charge in [-0.3, -0.25) is 9.78 Å². The van der Waals surface area contributed by atoms with E-state index in [0.717, 1.165) is 51.0 Å². The second-order valence-corrected chi connectivity index (χ2v) is 11.9. The molecule has 2 bridgehead atoms. The molecule has 3 aliphatic heterocycles. The SMILES string of the molecule is COC1COCCC1CCCC1CCC(CC(F)F)(C(=O)N2CC3CC2CN3c2ccnc(C(F)(F)F)c2)C1. The lowest BCUT2D eigenvalue weighted by atomic mass is 9.79. The predicted molar refractivity (Wildman–Crippen MR) is 134 cm³/mol. The van der Waals surface area contributed by atoms with E-state index in [4.69, 9.17) is 9.47 Å². The number of pyridine rings is 1. The van der Waals surface area contributed by atoms with Crippen molar-refractivity contribution < 1.29 is 36.2 Å². The maximum Gasteiger partial charge on any atom is 0.433 e. The first kappa shape index (κ1) is 28.5. The Hall–Kier alpha value is -2.01. The Morgan fingerprint density at radius 3 is 2.74 bits per heavy atom. The molecule has 6 atom stereocenters. The number of carbonyl (C=O) groups is 1. The number of aromatic nitrogens is 1. The van der Waals surface area contributed by atoms with Gasteiger partial charge >= 0.3 is 6.18 Å².